The second kappa shape index (κ2) is 3.52. The largest absolute Gasteiger partial charge is 0.496 e. The first-order chi connectivity index (χ1) is 7.81. The zero-order valence-electron chi connectivity index (χ0n) is 9.63. The minimum absolute atomic E-state index is 0.404. The van der Waals surface area contributed by atoms with Gasteiger partial charge in [-0.3, -0.25) is 0 Å². The van der Waals surface area contributed by atoms with Gasteiger partial charge in [0, 0.05) is 22.6 Å². The zero-order valence-corrected chi connectivity index (χ0v) is 9.63. The van der Waals surface area contributed by atoms with Gasteiger partial charge in [0.15, 0.2) is 0 Å². The van der Waals surface area contributed by atoms with E-state index >= 15 is 0 Å². The average molecular weight is 216 g/mol. The predicted octanol–water partition coefficient (Wildman–Crippen LogP) is 2.38. The molecule has 2 N–H and O–H groups in total. The van der Waals surface area contributed by atoms with Crippen molar-refractivity contribution in [2.75, 3.05) is 13.7 Å². The highest BCUT2D eigenvalue weighted by atomic mass is 16.5. The molecule has 1 aliphatic heterocycles. The number of hydrogen-bond donors (Lipinski definition) is 2. The topological polar surface area (TPSA) is 37.0 Å². The van der Waals surface area contributed by atoms with Crippen molar-refractivity contribution < 1.29 is 4.74 Å². The lowest BCUT2D eigenvalue weighted by atomic mass is 10.00. The highest BCUT2D eigenvalue weighted by Gasteiger charge is 2.22. The van der Waals surface area contributed by atoms with Crippen LogP contribution in [0.4, 0.5) is 0 Å². The lowest BCUT2D eigenvalue weighted by molar-refractivity contribution is 0.419. The number of nitrogens with one attached hydrogen (secondary N) is 2. The van der Waals surface area contributed by atoms with E-state index in [2.05, 4.69) is 23.3 Å². The van der Waals surface area contributed by atoms with E-state index in [9.17, 15) is 0 Å². The Morgan fingerprint density at radius 3 is 3.06 bits per heavy atom. The summed E-state index contributed by atoms with van der Waals surface area (Å²) >= 11 is 0. The van der Waals surface area contributed by atoms with Crippen molar-refractivity contribution in [3.8, 4) is 5.75 Å². The van der Waals surface area contributed by atoms with Crippen LogP contribution in [0.25, 0.3) is 10.9 Å². The van der Waals surface area contributed by atoms with Crippen LogP contribution in [0.1, 0.15) is 24.2 Å². The van der Waals surface area contributed by atoms with Crippen LogP contribution in [0.5, 0.6) is 5.75 Å². The quantitative estimate of drug-likeness (QED) is 0.768. The number of hydrogen-bond acceptors (Lipinski definition) is 2. The van der Waals surface area contributed by atoms with E-state index in [4.69, 9.17) is 4.74 Å². The third-order valence-electron chi connectivity index (χ3n) is 3.40. The van der Waals surface area contributed by atoms with E-state index in [1.54, 1.807) is 7.11 Å². The van der Waals surface area contributed by atoms with Crippen LogP contribution in [0.3, 0.4) is 0 Å². The maximum atomic E-state index is 5.45. The second-order valence-electron chi connectivity index (χ2n) is 4.33. The fraction of sp³-hybridized carbons (Fsp3) is 0.385. The van der Waals surface area contributed by atoms with Gasteiger partial charge in [-0.25, -0.2) is 0 Å². The number of aromatic nitrogens is 1. The molecule has 3 heteroatoms. The number of H-pyrrole nitrogens is 1. The van der Waals surface area contributed by atoms with Gasteiger partial charge in [0.1, 0.15) is 5.75 Å². The minimum atomic E-state index is 0.404. The molecule has 0 aliphatic carbocycles. The van der Waals surface area contributed by atoms with Gasteiger partial charge in [-0.2, -0.15) is 0 Å². The molecule has 0 spiro atoms. The number of rotatable bonds is 1. The van der Waals surface area contributed by atoms with E-state index in [-0.39, 0.29) is 0 Å². The van der Waals surface area contributed by atoms with Gasteiger partial charge in [-0.1, -0.05) is 6.07 Å². The van der Waals surface area contributed by atoms with Crippen LogP contribution in [0, 0.1) is 0 Å². The highest BCUT2D eigenvalue weighted by Crippen LogP contribution is 2.35. The van der Waals surface area contributed by atoms with Crippen molar-refractivity contribution in [1.82, 2.24) is 10.3 Å². The number of benzene rings is 1. The molecule has 1 aromatic heterocycles. The molecule has 3 rings (SSSR count). The van der Waals surface area contributed by atoms with Crippen LogP contribution >= 0.6 is 0 Å². The molecule has 0 fully saturated rings. The number of aromatic amines is 1. The van der Waals surface area contributed by atoms with Crippen molar-refractivity contribution >= 4 is 10.9 Å². The molecule has 0 bridgehead atoms. The lowest BCUT2D eigenvalue weighted by Gasteiger charge is -2.20. The molecular weight excluding hydrogens is 200 g/mol. The van der Waals surface area contributed by atoms with E-state index in [0.29, 0.717) is 6.04 Å². The zero-order chi connectivity index (χ0) is 11.1. The Kier molecular flexibility index (Phi) is 2.14. The lowest BCUT2D eigenvalue weighted by Crippen LogP contribution is -2.27. The Morgan fingerprint density at radius 1 is 1.38 bits per heavy atom. The normalized spacial score (nSPS) is 19.8. The van der Waals surface area contributed by atoms with Gasteiger partial charge >= 0.3 is 0 Å². The standard InChI is InChI=1S/C13H16N2O/c1-8-13-9(6-7-14-8)12-10(15-13)4-3-5-11(12)16-2/h3-5,8,14-15H,6-7H2,1-2H3. The summed E-state index contributed by atoms with van der Waals surface area (Å²) in [4.78, 5) is 3.50. The van der Waals surface area contributed by atoms with E-state index in [1.165, 1.54) is 22.2 Å². The second-order valence-corrected chi connectivity index (χ2v) is 4.33. The highest BCUT2D eigenvalue weighted by molar-refractivity contribution is 5.91. The maximum absolute atomic E-state index is 5.45. The first-order valence-electron chi connectivity index (χ1n) is 5.72. The van der Waals surface area contributed by atoms with Gasteiger partial charge in [-0.15, -0.1) is 0 Å². The van der Waals surface area contributed by atoms with Crippen molar-refractivity contribution in [2.24, 2.45) is 0 Å². The third kappa shape index (κ3) is 1.25. The molecule has 1 aromatic carbocycles. The molecule has 84 valence electrons. The molecule has 1 atom stereocenters. The minimum Gasteiger partial charge on any atom is -0.496 e. The maximum Gasteiger partial charge on any atom is 0.128 e. The number of methoxy groups -OCH3 is 1. The Labute approximate surface area is 94.8 Å². The Bertz CT molecular complexity index is 530. The summed E-state index contributed by atoms with van der Waals surface area (Å²) in [5.74, 6) is 0.976. The molecule has 0 radical (unpaired) electrons. The van der Waals surface area contributed by atoms with Crippen LogP contribution in [0.2, 0.25) is 0 Å². The summed E-state index contributed by atoms with van der Waals surface area (Å²) in [6, 6.07) is 6.58. The van der Waals surface area contributed by atoms with Crippen molar-refractivity contribution in [1.29, 1.82) is 0 Å². The molecule has 2 aromatic rings. The predicted molar refractivity (Wildman–Crippen MR) is 65.0 cm³/mol. The smallest absolute Gasteiger partial charge is 0.128 e. The monoisotopic (exact) mass is 216 g/mol. The molecule has 0 saturated heterocycles. The van der Waals surface area contributed by atoms with Gasteiger partial charge in [0.25, 0.3) is 0 Å². The fourth-order valence-corrected chi connectivity index (χ4v) is 2.62. The van der Waals surface area contributed by atoms with E-state index in [1.807, 2.05) is 12.1 Å². The summed E-state index contributed by atoms with van der Waals surface area (Å²) in [7, 11) is 1.73. The molecular formula is C13H16N2O. The molecule has 16 heavy (non-hydrogen) atoms. The average Bonchev–Trinajstić information content (AvgIpc) is 2.69. The summed E-state index contributed by atoms with van der Waals surface area (Å²) in [6.45, 7) is 3.24. The first kappa shape index (κ1) is 9.73. The Balaban J connectivity index is 2.33. The van der Waals surface area contributed by atoms with E-state index < -0.39 is 0 Å². The van der Waals surface area contributed by atoms with Crippen LogP contribution in [-0.4, -0.2) is 18.6 Å². The van der Waals surface area contributed by atoms with Crippen molar-refractivity contribution in [2.45, 2.75) is 19.4 Å². The number of ether oxygens (including phenoxy) is 1. The summed E-state index contributed by atoms with van der Waals surface area (Å²) in [6.07, 6.45) is 1.07. The Morgan fingerprint density at radius 2 is 2.25 bits per heavy atom. The Hall–Kier alpha value is -1.48. The SMILES string of the molecule is COc1cccc2[nH]c3c(c12)CCNC3C. The molecule has 1 unspecified atom stereocenters. The third-order valence-corrected chi connectivity index (χ3v) is 3.40. The van der Waals surface area contributed by atoms with Crippen LogP contribution in [-0.2, 0) is 6.42 Å². The number of fused-ring (bicyclic) bond motifs is 3. The first-order valence-corrected chi connectivity index (χ1v) is 5.72. The summed E-state index contributed by atoms with van der Waals surface area (Å²) in [5, 5.41) is 4.72. The van der Waals surface area contributed by atoms with Crippen molar-refractivity contribution in [3.05, 3.63) is 29.5 Å². The molecule has 3 nitrogen and oxygen atoms in total. The van der Waals surface area contributed by atoms with Gasteiger partial charge in [0.2, 0.25) is 0 Å². The van der Waals surface area contributed by atoms with Crippen LogP contribution in [0.15, 0.2) is 18.2 Å². The molecule has 0 amide bonds. The van der Waals surface area contributed by atoms with Crippen molar-refractivity contribution in [3.63, 3.8) is 0 Å². The molecule has 2 heterocycles. The van der Waals surface area contributed by atoms with Gasteiger partial charge in [-0.05, 0) is 37.6 Å². The van der Waals surface area contributed by atoms with E-state index in [0.717, 1.165) is 18.7 Å². The van der Waals surface area contributed by atoms with Crippen LogP contribution < -0.4 is 10.1 Å². The van der Waals surface area contributed by atoms with Gasteiger partial charge < -0.3 is 15.0 Å². The summed E-state index contributed by atoms with van der Waals surface area (Å²) < 4.78 is 5.45. The molecule has 0 saturated carbocycles. The fourth-order valence-electron chi connectivity index (χ4n) is 2.62. The molecule has 1 aliphatic rings. The summed E-state index contributed by atoms with van der Waals surface area (Å²) in [5.41, 5.74) is 3.91. The van der Waals surface area contributed by atoms with Gasteiger partial charge in [0.05, 0.1) is 7.11 Å².